The molecular formula is C24H40N4O. The van der Waals surface area contributed by atoms with Gasteiger partial charge in [-0.25, -0.2) is 9.97 Å². The first kappa shape index (κ1) is 22.2. The summed E-state index contributed by atoms with van der Waals surface area (Å²) in [5.74, 6) is 2.94. The molecule has 1 saturated carbocycles. The summed E-state index contributed by atoms with van der Waals surface area (Å²) < 4.78 is 0. The molecule has 5 heteroatoms. The minimum absolute atomic E-state index is 0.248. The lowest BCUT2D eigenvalue weighted by atomic mass is 9.69. The predicted octanol–water partition coefficient (Wildman–Crippen LogP) is 4.58. The number of fused-ring (bicyclic) bond motifs is 2. The number of anilines is 1. The van der Waals surface area contributed by atoms with Gasteiger partial charge in [0.2, 0.25) is 5.95 Å². The molecule has 162 valence electrons. The molecule has 0 aromatic carbocycles. The van der Waals surface area contributed by atoms with Crippen molar-refractivity contribution in [1.82, 2.24) is 14.9 Å². The number of Topliss-reactive ketones (excluding diaryl/α,β-unsaturated/α-hetero) is 1. The molecule has 2 aliphatic heterocycles. The van der Waals surface area contributed by atoms with Crippen LogP contribution in [0.1, 0.15) is 73.1 Å². The molecule has 3 heterocycles. The fourth-order valence-corrected chi connectivity index (χ4v) is 5.19. The van der Waals surface area contributed by atoms with E-state index in [2.05, 4.69) is 40.5 Å². The van der Waals surface area contributed by atoms with Crippen LogP contribution >= 0.6 is 0 Å². The van der Waals surface area contributed by atoms with Crippen LogP contribution in [0.25, 0.3) is 0 Å². The normalized spacial score (nSPS) is 28.9. The van der Waals surface area contributed by atoms with Crippen molar-refractivity contribution in [1.29, 1.82) is 0 Å². The molecule has 0 amide bonds. The van der Waals surface area contributed by atoms with Gasteiger partial charge in [-0.05, 0) is 51.5 Å². The van der Waals surface area contributed by atoms with E-state index in [1.54, 1.807) is 0 Å². The van der Waals surface area contributed by atoms with Gasteiger partial charge in [-0.1, -0.05) is 33.6 Å². The Labute approximate surface area is 177 Å². The number of rotatable bonds is 6. The smallest absolute Gasteiger partial charge is 0.225 e. The Balaban J connectivity index is 0.000000177. The lowest BCUT2D eigenvalue weighted by molar-refractivity contribution is -0.130. The first-order chi connectivity index (χ1) is 13.9. The van der Waals surface area contributed by atoms with Crippen molar-refractivity contribution in [3.05, 3.63) is 18.5 Å². The molecular weight excluding hydrogens is 360 g/mol. The van der Waals surface area contributed by atoms with E-state index in [1.165, 1.54) is 38.5 Å². The van der Waals surface area contributed by atoms with E-state index >= 15 is 0 Å². The molecule has 0 spiro atoms. The fourth-order valence-electron chi connectivity index (χ4n) is 5.19. The molecule has 3 fully saturated rings. The van der Waals surface area contributed by atoms with E-state index in [1.807, 2.05) is 32.3 Å². The van der Waals surface area contributed by atoms with E-state index in [0.29, 0.717) is 29.8 Å². The molecule has 1 aliphatic carbocycles. The molecule has 2 bridgehead atoms. The first-order valence-electron chi connectivity index (χ1n) is 11.7. The highest BCUT2D eigenvalue weighted by Gasteiger charge is 2.41. The van der Waals surface area contributed by atoms with Crippen LogP contribution in [0, 0.1) is 17.8 Å². The summed E-state index contributed by atoms with van der Waals surface area (Å²) in [5, 5.41) is 0. The summed E-state index contributed by atoms with van der Waals surface area (Å²) >= 11 is 0. The molecule has 2 saturated heterocycles. The topological polar surface area (TPSA) is 49.3 Å². The average molecular weight is 401 g/mol. The minimum atomic E-state index is 0.248. The summed E-state index contributed by atoms with van der Waals surface area (Å²) in [4.78, 5) is 25.3. The molecule has 29 heavy (non-hydrogen) atoms. The highest BCUT2D eigenvalue weighted by Crippen LogP contribution is 2.38. The molecule has 4 rings (SSSR count). The van der Waals surface area contributed by atoms with Gasteiger partial charge in [-0.15, -0.1) is 0 Å². The van der Waals surface area contributed by atoms with E-state index in [4.69, 9.17) is 0 Å². The SMILES string of the molecule is CC(C)N1CC2CCC(C1)N2c1ncccn1.CCCC1CC(C(=O)C(C)C)C1. The molecule has 5 nitrogen and oxygen atoms in total. The number of ketones is 1. The van der Waals surface area contributed by atoms with Crippen LogP contribution in [0.5, 0.6) is 0 Å². The zero-order valence-electron chi connectivity index (χ0n) is 19.1. The summed E-state index contributed by atoms with van der Waals surface area (Å²) in [7, 11) is 0. The molecule has 2 atom stereocenters. The number of likely N-dealkylation sites (tertiary alicyclic amines) is 1. The predicted molar refractivity (Wildman–Crippen MR) is 119 cm³/mol. The summed E-state index contributed by atoms with van der Waals surface area (Å²) in [6.07, 6.45) is 11.2. The average Bonchev–Trinajstić information content (AvgIpc) is 2.94. The largest absolute Gasteiger partial charge is 0.332 e. The highest BCUT2D eigenvalue weighted by atomic mass is 16.1. The monoisotopic (exact) mass is 400 g/mol. The number of hydrogen-bond acceptors (Lipinski definition) is 5. The number of carbonyl (C=O) groups excluding carboxylic acids is 1. The van der Waals surface area contributed by atoms with Gasteiger partial charge >= 0.3 is 0 Å². The van der Waals surface area contributed by atoms with Crippen LogP contribution in [-0.2, 0) is 4.79 Å². The van der Waals surface area contributed by atoms with Gasteiger partial charge in [0.05, 0.1) is 0 Å². The molecule has 0 radical (unpaired) electrons. The van der Waals surface area contributed by atoms with Gasteiger partial charge in [0, 0.05) is 55.4 Å². The molecule has 2 unspecified atom stereocenters. The summed E-state index contributed by atoms with van der Waals surface area (Å²) in [5.41, 5.74) is 0. The molecule has 3 aliphatic rings. The van der Waals surface area contributed by atoms with Crippen molar-refractivity contribution in [2.75, 3.05) is 18.0 Å². The maximum atomic E-state index is 11.5. The highest BCUT2D eigenvalue weighted by molar-refractivity contribution is 5.83. The second kappa shape index (κ2) is 10.0. The fraction of sp³-hybridized carbons (Fsp3) is 0.792. The molecule has 1 aromatic rings. The Morgan fingerprint density at radius 3 is 2.14 bits per heavy atom. The maximum Gasteiger partial charge on any atom is 0.225 e. The quantitative estimate of drug-likeness (QED) is 0.700. The molecule has 1 aromatic heterocycles. The van der Waals surface area contributed by atoms with Gasteiger partial charge in [0.25, 0.3) is 0 Å². The number of aromatic nitrogens is 2. The van der Waals surface area contributed by atoms with Crippen LogP contribution in [0.3, 0.4) is 0 Å². The number of carbonyl (C=O) groups is 1. The first-order valence-corrected chi connectivity index (χ1v) is 11.7. The molecule has 0 N–H and O–H groups in total. The van der Waals surface area contributed by atoms with Gasteiger partial charge in [0.1, 0.15) is 5.78 Å². The van der Waals surface area contributed by atoms with Crippen LogP contribution in [0.4, 0.5) is 5.95 Å². The summed E-state index contributed by atoms with van der Waals surface area (Å²) in [6, 6.07) is 3.75. The van der Waals surface area contributed by atoms with Crippen LogP contribution in [0.15, 0.2) is 18.5 Å². The zero-order valence-corrected chi connectivity index (χ0v) is 19.1. The van der Waals surface area contributed by atoms with Crippen molar-refractivity contribution in [3.63, 3.8) is 0 Å². The van der Waals surface area contributed by atoms with Gasteiger partial charge in [0.15, 0.2) is 0 Å². The third kappa shape index (κ3) is 5.36. The van der Waals surface area contributed by atoms with E-state index in [9.17, 15) is 4.79 Å². The van der Waals surface area contributed by atoms with Crippen molar-refractivity contribution >= 4 is 11.7 Å². The van der Waals surface area contributed by atoms with Crippen molar-refractivity contribution in [2.24, 2.45) is 17.8 Å². The Kier molecular flexibility index (Phi) is 7.66. The number of hydrogen-bond donors (Lipinski definition) is 0. The maximum absolute atomic E-state index is 11.5. The Morgan fingerprint density at radius 1 is 1.07 bits per heavy atom. The minimum Gasteiger partial charge on any atom is -0.332 e. The van der Waals surface area contributed by atoms with Crippen molar-refractivity contribution in [2.45, 2.75) is 91.3 Å². The third-order valence-corrected chi connectivity index (χ3v) is 6.93. The van der Waals surface area contributed by atoms with E-state index in [0.717, 1.165) is 25.0 Å². The van der Waals surface area contributed by atoms with Gasteiger partial charge < -0.3 is 4.90 Å². The third-order valence-electron chi connectivity index (χ3n) is 6.93. The van der Waals surface area contributed by atoms with Gasteiger partial charge in [-0.3, -0.25) is 9.69 Å². The van der Waals surface area contributed by atoms with Crippen LogP contribution < -0.4 is 4.90 Å². The lowest BCUT2D eigenvalue weighted by Crippen LogP contribution is -2.56. The zero-order chi connectivity index (χ0) is 21.0. The van der Waals surface area contributed by atoms with Crippen LogP contribution in [0.2, 0.25) is 0 Å². The number of piperazine rings is 1. The summed E-state index contributed by atoms with van der Waals surface area (Å²) in [6.45, 7) is 13.1. The Bertz CT molecular complexity index is 628. The Hall–Kier alpha value is -1.49. The standard InChI is InChI=1S/C13H20N4.C11H20O/c1-10(2)16-8-11-4-5-12(9-16)17(11)13-14-6-3-7-15-13;1-4-5-9-6-10(7-9)11(12)8(2)3/h3,6-7,10-12H,4-5,8-9H2,1-2H3;8-10H,4-7H2,1-3H3. The second-order valence-electron chi connectivity index (χ2n) is 9.77. The van der Waals surface area contributed by atoms with Crippen LogP contribution in [-0.4, -0.2) is 51.9 Å². The lowest BCUT2D eigenvalue weighted by Gasteiger charge is -2.42. The second-order valence-corrected chi connectivity index (χ2v) is 9.77. The number of nitrogens with zero attached hydrogens (tertiary/aromatic N) is 4. The van der Waals surface area contributed by atoms with Crippen molar-refractivity contribution in [3.8, 4) is 0 Å². The van der Waals surface area contributed by atoms with E-state index in [-0.39, 0.29) is 5.92 Å². The van der Waals surface area contributed by atoms with E-state index < -0.39 is 0 Å². The van der Waals surface area contributed by atoms with Crippen molar-refractivity contribution < 1.29 is 4.79 Å². The van der Waals surface area contributed by atoms with Gasteiger partial charge in [-0.2, -0.15) is 0 Å². The Morgan fingerprint density at radius 2 is 1.66 bits per heavy atom.